The number of aromatic hydroxyl groups is 1. The molecule has 0 amide bonds. The fourth-order valence-electron chi connectivity index (χ4n) is 1.47. The van der Waals surface area contributed by atoms with Crippen LogP contribution in [-0.4, -0.2) is 13.5 Å². The van der Waals surface area contributed by atoms with Crippen molar-refractivity contribution >= 4 is 38.6 Å². The van der Waals surface area contributed by atoms with Crippen molar-refractivity contribution in [2.24, 2.45) is 0 Å². The van der Waals surface area contributed by atoms with Crippen LogP contribution in [0.3, 0.4) is 0 Å². The van der Waals surface area contributed by atoms with Gasteiger partial charge in [-0.15, -0.1) is 11.3 Å². The summed E-state index contributed by atoms with van der Waals surface area (Å²) in [6.07, 6.45) is 0.794. The van der Waals surface area contributed by atoms with Gasteiger partial charge in [0, 0.05) is 10.9 Å². The van der Waals surface area contributed by atoms with E-state index in [4.69, 9.17) is 11.6 Å². The number of thiophene rings is 1. The minimum absolute atomic E-state index is 0.165. The summed E-state index contributed by atoms with van der Waals surface area (Å²) in [5.41, 5.74) is 0.272. The molecule has 0 saturated carbocycles. The fraction of sp³-hybridized carbons (Fsp3) is 0.167. The molecule has 0 bridgehead atoms. The molecule has 1 heterocycles. The third-order valence-corrected chi connectivity index (χ3v) is 5.87. The Labute approximate surface area is 120 Å². The Balaban J connectivity index is 2.28. The predicted molar refractivity (Wildman–Crippen MR) is 77.6 cm³/mol. The summed E-state index contributed by atoms with van der Waals surface area (Å²) in [6, 6.07) is 7.56. The molecule has 0 atom stereocenters. The van der Waals surface area contributed by atoms with Crippen LogP contribution in [0.15, 0.2) is 34.5 Å². The van der Waals surface area contributed by atoms with Crippen molar-refractivity contribution in [3.8, 4) is 5.75 Å². The SMILES string of the molecule is CCc1ccc(S(=O)(=O)Nc2ccc(Cl)c(O)c2)s1. The molecule has 0 aliphatic rings. The highest BCUT2D eigenvalue weighted by atomic mass is 35.5. The lowest BCUT2D eigenvalue weighted by molar-refractivity contribution is 0.476. The molecule has 19 heavy (non-hydrogen) atoms. The maximum absolute atomic E-state index is 12.1. The first-order chi connectivity index (χ1) is 8.92. The number of rotatable bonds is 4. The second kappa shape index (κ2) is 5.40. The smallest absolute Gasteiger partial charge is 0.271 e. The third-order valence-electron chi connectivity index (χ3n) is 2.45. The van der Waals surface area contributed by atoms with Gasteiger partial charge in [0.05, 0.1) is 10.7 Å². The second-order valence-corrected chi connectivity index (χ2v) is 7.33. The fourth-order valence-corrected chi connectivity index (χ4v) is 3.94. The average molecular weight is 318 g/mol. The van der Waals surface area contributed by atoms with Crippen LogP contribution in [0.4, 0.5) is 5.69 Å². The highest BCUT2D eigenvalue weighted by Crippen LogP contribution is 2.29. The molecule has 0 unspecified atom stereocenters. The molecule has 102 valence electrons. The number of nitrogens with one attached hydrogen (secondary N) is 1. The van der Waals surface area contributed by atoms with Crippen molar-refractivity contribution in [2.75, 3.05) is 4.72 Å². The van der Waals surface area contributed by atoms with E-state index in [9.17, 15) is 13.5 Å². The molecule has 0 radical (unpaired) electrons. The normalized spacial score (nSPS) is 11.5. The van der Waals surface area contributed by atoms with Gasteiger partial charge in [-0.2, -0.15) is 0 Å². The maximum Gasteiger partial charge on any atom is 0.271 e. The van der Waals surface area contributed by atoms with E-state index in [-0.39, 0.29) is 20.7 Å². The molecule has 4 nitrogen and oxygen atoms in total. The van der Waals surface area contributed by atoms with Crippen molar-refractivity contribution in [1.82, 2.24) is 0 Å². The standard InChI is InChI=1S/C12H12ClNO3S2/c1-2-9-4-6-12(18-9)19(16,17)14-8-3-5-10(13)11(15)7-8/h3-7,14-15H,2H2,1H3. The van der Waals surface area contributed by atoms with E-state index in [1.165, 1.54) is 29.5 Å². The topological polar surface area (TPSA) is 66.4 Å². The zero-order valence-electron chi connectivity index (χ0n) is 10.1. The van der Waals surface area contributed by atoms with Gasteiger partial charge in [-0.25, -0.2) is 8.42 Å². The van der Waals surface area contributed by atoms with Crippen molar-refractivity contribution in [1.29, 1.82) is 0 Å². The number of sulfonamides is 1. The van der Waals surface area contributed by atoms with Crippen LogP contribution in [0.25, 0.3) is 0 Å². The average Bonchev–Trinajstić information content (AvgIpc) is 2.83. The molecule has 2 N–H and O–H groups in total. The summed E-state index contributed by atoms with van der Waals surface area (Å²) in [6.45, 7) is 1.97. The molecule has 7 heteroatoms. The molecule has 0 fully saturated rings. The molecular weight excluding hydrogens is 306 g/mol. The van der Waals surface area contributed by atoms with Crippen LogP contribution >= 0.6 is 22.9 Å². The van der Waals surface area contributed by atoms with E-state index in [0.29, 0.717) is 0 Å². The van der Waals surface area contributed by atoms with Crippen LogP contribution in [0.2, 0.25) is 5.02 Å². The molecule has 1 aromatic carbocycles. The van der Waals surface area contributed by atoms with E-state index < -0.39 is 10.0 Å². The van der Waals surface area contributed by atoms with E-state index in [1.54, 1.807) is 12.1 Å². The number of halogens is 1. The van der Waals surface area contributed by atoms with Crippen molar-refractivity contribution in [3.63, 3.8) is 0 Å². The number of hydrogen-bond acceptors (Lipinski definition) is 4. The van der Waals surface area contributed by atoms with Gasteiger partial charge in [-0.1, -0.05) is 18.5 Å². The first-order valence-corrected chi connectivity index (χ1v) is 8.20. The van der Waals surface area contributed by atoms with E-state index >= 15 is 0 Å². The highest BCUT2D eigenvalue weighted by Gasteiger charge is 2.17. The number of hydrogen-bond donors (Lipinski definition) is 2. The minimum Gasteiger partial charge on any atom is -0.506 e. The lowest BCUT2D eigenvalue weighted by Gasteiger charge is -2.07. The van der Waals surface area contributed by atoms with Crippen molar-refractivity contribution in [3.05, 3.63) is 40.2 Å². The van der Waals surface area contributed by atoms with Gasteiger partial charge in [0.15, 0.2) is 0 Å². The number of aryl methyl sites for hydroxylation is 1. The Bertz CT molecular complexity index is 695. The Morgan fingerprint density at radius 1 is 1.32 bits per heavy atom. The van der Waals surface area contributed by atoms with Crippen molar-refractivity contribution < 1.29 is 13.5 Å². The van der Waals surface area contributed by atoms with Gasteiger partial charge >= 0.3 is 0 Å². The number of phenolic OH excluding ortho intramolecular Hbond substituents is 1. The lowest BCUT2D eigenvalue weighted by atomic mass is 10.3. The number of benzene rings is 1. The van der Waals surface area contributed by atoms with Gasteiger partial charge in [-0.05, 0) is 30.7 Å². The Morgan fingerprint density at radius 2 is 2.05 bits per heavy atom. The molecule has 0 spiro atoms. The first-order valence-electron chi connectivity index (χ1n) is 5.52. The van der Waals surface area contributed by atoms with Gasteiger partial charge in [0.1, 0.15) is 9.96 Å². The number of phenols is 1. The summed E-state index contributed by atoms with van der Waals surface area (Å²) in [5.74, 6) is -0.165. The highest BCUT2D eigenvalue weighted by molar-refractivity contribution is 7.94. The van der Waals surface area contributed by atoms with Crippen LogP contribution in [0, 0.1) is 0 Å². The summed E-state index contributed by atoms with van der Waals surface area (Å²) < 4.78 is 26.9. The Hall–Kier alpha value is -1.24. The van der Waals surface area contributed by atoms with Gasteiger partial charge in [0.25, 0.3) is 10.0 Å². The van der Waals surface area contributed by atoms with E-state index in [0.717, 1.165) is 11.3 Å². The van der Waals surface area contributed by atoms with Crippen LogP contribution < -0.4 is 4.72 Å². The quantitative estimate of drug-likeness (QED) is 0.907. The number of anilines is 1. The van der Waals surface area contributed by atoms with E-state index in [1.807, 2.05) is 6.92 Å². The van der Waals surface area contributed by atoms with Crippen LogP contribution in [0.1, 0.15) is 11.8 Å². The van der Waals surface area contributed by atoms with Gasteiger partial charge < -0.3 is 5.11 Å². The molecule has 2 rings (SSSR count). The molecule has 0 aliphatic carbocycles. The van der Waals surface area contributed by atoms with Crippen LogP contribution in [0.5, 0.6) is 5.75 Å². The Kier molecular flexibility index (Phi) is 4.03. The third kappa shape index (κ3) is 3.20. The molecule has 0 saturated heterocycles. The summed E-state index contributed by atoms with van der Waals surface area (Å²) in [7, 11) is -3.62. The molecule has 2 aromatic rings. The zero-order valence-corrected chi connectivity index (χ0v) is 12.4. The first kappa shape index (κ1) is 14.2. The minimum atomic E-state index is -3.62. The second-order valence-electron chi connectivity index (χ2n) is 3.85. The van der Waals surface area contributed by atoms with Crippen molar-refractivity contribution in [2.45, 2.75) is 17.6 Å². The molecular formula is C12H12ClNO3S2. The maximum atomic E-state index is 12.1. The monoisotopic (exact) mass is 317 g/mol. The predicted octanol–water partition coefficient (Wildman–Crippen LogP) is 3.47. The summed E-state index contributed by atoms with van der Waals surface area (Å²) in [5, 5.41) is 9.62. The lowest BCUT2D eigenvalue weighted by Crippen LogP contribution is -2.11. The summed E-state index contributed by atoms with van der Waals surface area (Å²) >= 11 is 6.89. The Morgan fingerprint density at radius 3 is 2.63 bits per heavy atom. The van der Waals surface area contributed by atoms with Gasteiger partial charge in [-0.3, -0.25) is 4.72 Å². The molecule has 1 aromatic heterocycles. The van der Waals surface area contributed by atoms with Crippen LogP contribution in [-0.2, 0) is 16.4 Å². The zero-order chi connectivity index (χ0) is 14.0. The largest absolute Gasteiger partial charge is 0.506 e. The molecule has 0 aliphatic heterocycles. The summed E-state index contributed by atoms with van der Waals surface area (Å²) in [4.78, 5) is 0.999. The van der Waals surface area contributed by atoms with E-state index in [2.05, 4.69) is 4.72 Å². The van der Waals surface area contributed by atoms with Gasteiger partial charge in [0.2, 0.25) is 0 Å².